The molecule has 0 spiro atoms. The smallest absolute Gasteiger partial charge is 0.154 e. The van der Waals surface area contributed by atoms with Crippen LogP contribution in [-0.4, -0.2) is 18.0 Å². The molecule has 1 unspecified atom stereocenters. The molecule has 0 aromatic rings. The second kappa shape index (κ2) is 42.9. The predicted molar refractivity (Wildman–Crippen MR) is 208 cm³/mol. The number of hydrogen-bond acceptors (Lipinski definition) is 2. The zero-order chi connectivity index (χ0) is 33.3. The Hall–Kier alpha value is -0.0800. The summed E-state index contributed by atoms with van der Waals surface area (Å²) in [5.74, 6) is 0. The molecule has 2 nitrogen and oxygen atoms in total. The van der Waals surface area contributed by atoms with Gasteiger partial charge in [0.25, 0.3) is 0 Å². The van der Waals surface area contributed by atoms with Crippen LogP contribution in [0.5, 0.6) is 0 Å². The van der Waals surface area contributed by atoms with E-state index >= 15 is 0 Å². The summed E-state index contributed by atoms with van der Waals surface area (Å²) in [4.78, 5) is 0. The molecule has 0 fully saturated rings. The van der Waals surface area contributed by atoms with Crippen LogP contribution in [-0.2, 0) is 4.74 Å². The van der Waals surface area contributed by atoms with Crippen LogP contribution in [0.25, 0.3) is 0 Å². The normalized spacial score (nSPS) is 12.3. The van der Waals surface area contributed by atoms with Crippen molar-refractivity contribution in [1.29, 1.82) is 0 Å². The van der Waals surface area contributed by atoms with E-state index in [0.29, 0.717) is 0 Å². The summed E-state index contributed by atoms with van der Waals surface area (Å²) in [6.07, 6.45) is 55.2. The van der Waals surface area contributed by atoms with Gasteiger partial charge in [0.2, 0.25) is 0 Å². The third-order valence-corrected chi connectivity index (χ3v) is 10.4. The second-order valence-electron chi connectivity index (χ2n) is 15.2. The minimum absolute atomic E-state index is 0.536. The van der Waals surface area contributed by atoms with Crippen LogP contribution in [0.15, 0.2) is 0 Å². The van der Waals surface area contributed by atoms with E-state index in [2.05, 4.69) is 13.8 Å². The molecule has 0 bridgehead atoms. The third-order valence-electron chi connectivity index (χ3n) is 10.4. The summed E-state index contributed by atoms with van der Waals surface area (Å²) >= 11 is 0. The van der Waals surface area contributed by atoms with Gasteiger partial charge in [0.15, 0.2) is 6.29 Å². The number of aliphatic hydroxyl groups is 1. The first-order valence-electron chi connectivity index (χ1n) is 22.1. The van der Waals surface area contributed by atoms with Crippen molar-refractivity contribution in [2.75, 3.05) is 6.61 Å². The van der Waals surface area contributed by atoms with Crippen molar-refractivity contribution in [1.82, 2.24) is 0 Å². The molecule has 0 aliphatic heterocycles. The Bertz CT molecular complexity index is 506. The monoisotopic (exact) mass is 651 g/mol. The Morgan fingerprint density at radius 1 is 0.283 bits per heavy atom. The third kappa shape index (κ3) is 41.9. The van der Waals surface area contributed by atoms with E-state index in [1.807, 2.05) is 0 Å². The second-order valence-corrected chi connectivity index (χ2v) is 15.2. The van der Waals surface area contributed by atoms with Crippen LogP contribution < -0.4 is 0 Å². The molecule has 1 atom stereocenters. The molecule has 0 aliphatic carbocycles. The Kier molecular flexibility index (Phi) is 42.9. The van der Waals surface area contributed by atoms with Gasteiger partial charge in [-0.3, -0.25) is 0 Å². The van der Waals surface area contributed by atoms with Crippen LogP contribution in [0.1, 0.15) is 271 Å². The zero-order valence-corrected chi connectivity index (χ0v) is 32.4. The molecular weight excluding hydrogens is 560 g/mol. The molecule has 46 heavy (non-hydrogen) atoms. The van der Waals surface area contributed by atoms with Crippen LogP contribution in [0.2, 0.25) is 0 Å². The first-order valence-corrected chi connectivity index (χ1v) is 22.1. The summed E-state index contributed by atoms with van der Waals surface area (Å²) in [7, 11) is 0. The molecule has 0 aromatic heterocycles. The van der Waals surface area contributed by atoms with Crippen molar-refractivity contribution < 1.29 is 9.84 Å². The fourth-order valence-corrected chi connectivity index (χ4v) is 7.06. The number of hydrogen-bond donors (Lipinski definition) is 1. The van der Waals surface area contributed by atoms with Gasteiger partial charge < -0.3 is 9.84 Å². The lowest BCUT2D eigenvalue weighted by Gasteiger charge is -2.12. The van der Waals surface area contributed by atoms with Crippen molar-refractivity contribution in [3.05, 3.63) is 0 Å². The minimum atomic E-state index is -0.536. The highest BCUT2D eigenvalue weighted by atomic mass is 16.6. The highest BCUT2D eigenvalue weighted by Crippen LogP contribution is 2.17. The van der Waals surface area contributed by atoms with E-state index < -0.39 is 6.29 Å². The van der Waals surface area contributed by atoms with Crippen LogP contribution in [0, 0.1) is 0 Å². The van der Waals surface area contributed by atoms with Crippen molar-refractivity contribution in [2.45, 2.75) is 277 Å². The van der Waals surface area contributed by atoms with Gasteiger partial charge in [0.05, 0.1) is 0 Å². The lowest BCUT2D eigenvalue weighted by atomic mass is 10.0. The average Bonchev–Trinajstić information content (AvgIpc) is 3.06. The predicted octanol–water partition coefficient (Wildman–Crippen LogP) is 16.0. The van der Waals surface area contributed by atoms with Gasteiger partial charge in [-0.15, -0.1) is 0 Å². The molecule has 0 heterocycles. The lowest BCUT2D eigenvalue weighted by molar-refractivity contribution is -0.105. The summed E-state index contributed by atoms with van der Waals surface area (Å²) in [6, 6.07) is 0. The average molecular weight is 651 g/mol. The van der Waals surface area contributed by atoms with Crippen LogP contribution >= 0.6 is 0 Å². The number of aliphatic hydroxyl groups excluding tert-OH is 1. The lowest BCUT2D eigenvalue weighted by Crippen LogP contribution is -2.12. The Balaban J connectivity index is 3.13. The van der Waals surface area contributed by atoms with Crippen molar-refractivity contribution in [3.8, 4) is 0 Å². The molecule has 0 aromatic carbocycles. The molecule has 0 aliphatic rings. The van der Waals surface area contributed by atoms with E-state index in [1.54, 1.807) is 0 Å². The molecule has 0 rings (SSSR count). The van der Waals surface area contributed by atoms with E-state index in [-0.39, 0.29) is 0 Å². The highest BCUT2D eigenvalue weighted by Gasteiger charge is 2.04. The maximum atomic E-state index is 10.1. The summed E-state index contributed by atoms with van der Waals surface area (Å²) < 4.78 is 5.67. The van der Waals surface area contributed by atoms with Gasteiger partial charge in [0, 0.05) is 6.61 Å². The summed E-state index contributed by atoms with van der Waals surface area (Å²) in [5, 5.41) is 10.1. The first-order chi connectivity index (χ1) is 22.8. The Morgan fingerprint density at radius 3 is 0.717 bits per heavy atom. The van der Waals surface area contributed by atoms with Crippen molar-refractivity contribution in [3.63, 3.8) is 0 Å². The molecule has 0 saturated carbocycles. The van der Waals surface area contributed by atoms with Gasteiger partial charge in [-0.05, 0) is 19.3 Å². The fourth-order valence-electron chi connectivity index (χ4n) is 7.06. The van der Waals surface area contributed by atoms with Gasteiger partial charge >= 0.3 is 0 Å². The number of ether oxygens (including phenoxy) is 1. The zero-order valence-electron chi connectivity index (χ0n) is 32.4. The quantitative estimate of drug-likeness (QED) is 0.0526. The standard InChI is InChI=1S/C44H90O2/c1-3-5-7-9-11-13-15-17-19-21-23-25-27-29-31-33-35-37-39-41-43-46-44(45)42-40-38-36-34-32-30-28-26-24-22-20-18-16-14-12-10-8-6-4-2/h44-45H,3-43H2,1-2H3. The Labute approximate surface area is 292 Å². The highest BCUT2D eigenvalue weighted by molar-refractivity contribution is 4.53. The van der Waals surface area contributed by atoms with Gasteiger partial charge in [0.1, 0.15) is 0 Å². The van der Waals surface area contributed by atoms with E-state index in [9.17, 15) is 5.11 Å². The maximum Gasteiger partial charge on any atom is 0.154 e. The topological polar surface area (TPSA) is 29.5 Å². The van der Waals surface area contributed by atoms with Crippen molar-refractivity contribution >= 4 is 0 Å². The summed E-state index contributed by atoms with van der Waals surface area (Å²) in [6.45, 7) is 5.34. The molecule has 0 amide bonds. The van der Waals surface area contributed by atoms with Gasteiger partial charge in [-0.2, -0.15) is 0 Å². The van der Waals surface area contributed by atoms with Crippen LogP contribution in [0.3, 0.4) is 0 Å². The molecular formula is C44H90O2. The van der Waals surface area contributed by atoms with E-state index in [4.69, 9.17) is 4.74 Å². The van der Waals surface area contributed by atoms with Gasteiger partial charge in [-0.1, -0.05) is 251 Å². The number of unbranched alkanes of at least 4 members (excludes halogenated alkanes) is 37. The molecule has 0 saturated heterocycles. The van der Waals surface area contributed by atoms with Gasteiger partial charge in [-0.25, -0.2) is 0 Å². The Morgan fingerprint density at radius 2 is 0.478 bits per heavy atom. The maximum absolute atomic E-state index is 10.1. The minimum Gasteiger partial charge on any atom is -0.368 e. The largest absolute Gasteiger partial charge is 0.368 e. The number of rotatable bonds is 42. The fraction of sp³-hybridized carbons (Fsp3) is 1.00. The molecule has 278 valence electrons. The van der Waals surface area contributed by atoms with E-state index in [0.717, 1.165) is 25.9 Å². The SMILES string of the molecule is CCCCCCCCCCCCCCCCCCCCCCOC(O)CCCCCCCCCCCCCCCCCCCCC. The van der Waals surface area contributed by atoms with E-state index in [1.165, 1.54) is 238 Å². The first kappa shape index (κ1) is 45.9. The van der Waals surface area contributed by atoms with Crippen LogP contribution in [0.4, 0.5) is 0 Å². The molecule has 0 radical (unpaired) electrons. The van der Waals surface area contributed by atoms with Crippen molar-refractivity contribution in [2.24, 2.45) is 0 Å². The summed E-state index contributed by atoms with van der Waals surface area (Å²) in [5.41, 5.74) is 0. The molecule has 2 heteroatoms. The molecule has 1 N–H and O–H groups in total.